The van der Waals surface area contributed by atoms with Crippen molar-refractivity contribution in [3.8, 4) is 0 Å². The lowest BCUT2D eigenvalue weighted by Gasteiger charge is -1.92. The Morgan fingerprint density at radius 1 is 1.60 bits per heavy atom. The summed E-state index contributed by atoms with van der Waals surface area (Å²) in [5.74, 6) is -0.537. The topological polar surface area (TPSA) is 49.3 Å². The number of rotatable bonds is 1. The Hall–Kier alpha value is -1.53. The molecule has 1 aromatic rings. The van der Waals surface area contributed by atoms with Crippen molar-refractivity contribution < 1.29 is 10.0 Å². The Kier molecular flexibility index (Phi) is 1.88. The van der Waals surface area contributed by atoms with Gasteiger partial charge in [0.1, 0.15) is 0 Å². The van der Waals surface area contributed by atoms with E-state index in [1.165, 1.54) is 17.6 Å². The molecule has 0 aliphatic rings. The van der Waals surface area contributed by atoms with Crippen LogP contribution < -0.4 is 5.48 Å². The maximum absolute atomic E-state index is 10.6. The lowest BCUT2D eigenvalue weighted by Crippen LogP contribution is -2.17. The minimum absolute atomic E-state index is 0.362. The summed E-state index contributed by atoms with van der Waals surface area (Å²) in [5.41, 5.74) is 1.87. The van der Waals surface area contributed by atoms with E-state index in [1.807, 2.05) is 0 Å². The van der Waals surface area contributed by atoms with Crippen molar-refractivity contribution in [3.05, 3.63) is 35.9 Å². The summed E-state index contributed by atoms with van der Waals surface area (Å²) in [7, 11) is 0. The molecule has 0 aromatic heterocycles. The highest BCUT2D eigenvalue weighted by atomic mass is 16.5. The molecule has 3 nitrogen and oxygen atoms in total. The van der Waals surface area contributed by atoms with Gasteiger partial charge in [-0.15, -0.1) is 0 Å². The van der Waals surface area contributed by atoms with Crippen LogP contribution in [0.15, 0.2) is 18.2 Å². The van der Waals surface area contributed by atoms with Gasteiger partial charge in [-0.2, -0.15) is 0 Å². The fourth-order valence-corrected chi connectivity index (χ4v) is 0.553. The second kappa shape index (κ2) is 2.85. The van der Waals surface area contributed by atoms with Gasteiger partial charge < -0.3 is 0 Å². The van der Waals surface area contributed by atoms with Crippen molar-refractivity contribution in [2.45, 2.75) is 0 Å². The molecular weight excluding hydrogens is 130 g/mol. The Morgan fingerprint density at radius 2 is 2.40 bits per heavy atom. The van der Waals surface area contributed by atoms with Crippen LogP contribution in [-0.4, -0.2) is 11.1 Å². The number of carbonyl (C=O) groups is 1. The molecule has 0 aliphatic heterocycles. The first-order chi connectivity index (χ1) is 4.84. The van der Waals surface area contributed by atoms with E-state index in [1.54, 1.807) is 6.07 Å². The fourth-order valence-electron chi connectivity index (χ4n) is 0.553. The average Bonchev–Trinajstić information content (AvgIpc) is 2.05. The van der Waals surface area contributed by atoms with Crippen LogP contribution in [0.1, 0.15) is 10.4 Å². The zero-order valence-corrected chi connectivity index (χ0v) is 5.09. The first kappa shape index (κ1) is 6.59. The molecule has 10 heavy (non-hydrogen) atoms. The molecule has 0 radical (unpaired) electrons. The lowest BCUT2D eigenvalue weighted by molar-refractivity contribution is 0.0706. The molecule has 1 amide bonds. The van der Waals surface area contributed by atoms with Gasteiger partial charge in [0.25, 0.3) is 5.91 Å². The predicted octanol–water partition coefficient (Wildman–Crippen LogP) is 0.406. The van der Waals surface area contributed by atoms with Gasteiger partial charge in [-0.3, -0.25) is 10.0 Å². The van der Waals surface area contributed by atoms with Crippen LogP contribution in [0.4, 0.5) is 0 Å². The summed E-state index contributed by atoms with van der Waals surface area (Å²) in [6.07, 6.45) is 0. The molecule has 0 atom stereocenters. The number of nitrogens with one attached hydrogen (secondary N) is 1. The zero-order valence-electron chi connectivity index (χ0n) is 5.09. The van der Waals surface area contributed by atoms with E-state index in [4.69, 9.17) is 5.21 Å². The van der Waals surface area contributed by atoms with Crippen LogP contribution in [0, 0.1) is 12.1 Å². The van der Waals surface area contributed by atoms with E-state index < -0.39 is 5.91 Å². The van der Waals surface area contributed by atoms with Crippen LogP contribution in [0.5, 0.6) is 0 Å². The molecular formula is C7H5NO2. The van der Waals surface area contributed by atoms with E-state index in [0.29, 0.717) is 5.56 Å². The van der Waals surface area contributed by atoms with Crippen molar-refractivity contribution in [1.82, 2.24) is 5.48 Å². The highest BCUT2D eigenvalue weighted by molar-refractivity contribution is 5.92. The lowest BCUT2D eigenvalue weighted by atomic mass is 10.2. The van der Waals surface area contributed by atoms with Gasteiger partial charge in [-0.05, 0) is 12.1 Å². The van der Waals surface area contributed by atoms with Gasteiger partial charge in [-0.25, -0.2) is 5.48 Å². The molecule has 0 bridgehead atoms. The quantitative estimate of drug-likeness (QED) is 0.432. The number of hydrogen-bond acceptors (Lipinski definition) is 2. The van der Waals surface area contributed by atoms with Crippen LogP contribution in [-0.2, 0) is 0 Å². The van der Waals surface area contributed by atoms with E-state index >= 15 is 0 Å². The van der Waals surface area contributed by atoms with E-state index in [2.05, 4.69) is 12.1 Å². The van der Waals surface area contributed by atoms with E-state index in [-0.39, 0.29) is 0 Å². The Balaban J connectivity index is 2.85. The molecule has 0 saturated carbocycles. The molecule has 1 rings (SSSR count). The Bertz CT molecular complexity index is 220. The second-order valence-corrected chi connectivity index (χ2v) is 1.66. The highest BCUT2D eigenvalue weighted by Gasteiger charge is 1.99. The van der Waals surface area contributed by atoms with E-state index in [9.17, 15) is 4.79 Å². The van der Waals surface area contributed by atoms with Crippen LogP contribution in [0.3, 0.4) is 0 Å². The standard InChI is InChI=1S/C7H5NO2/c9-7(8-10)6-4-2-1-3-5-6/h2,4-5,10H,(H,8,9). The van der Waals surface area contributed by atoms with Crippen LogP contribution >= 0.6 is 0 Å². The van der Waals surface area contributed by atoms with Crippen molar-refractivity contribution in [3.63, 3.8) is 0 Å². The molecule has 0 saturated heterocycles. The van der Waals surface area contributed by atoms with Crippen LogP contribution in [0.2, 0.25) is 0 Å². The van der Waals surface area contributed by atoms with Gasteiger partial charge >= 0.3 is 0 Å². The maximum atomic E-state index is 10.6. The van der Waals surface area contributed by atoms with Crippen molar-refractivity contribution in [2.75, 3.05) is 0 Å². The highest BCUT2D eigenvalue weighted by Crippen LogP contribution is 1.92. The van der Waals surface area contributed by atoms with Gasteiger partial charge in [0, 0.05) is 6.07 Å². The van der Waals surface area contributed by atoms with Gasteiger partial charge in [0.15, 0.2) is 0 Å². The first-order valence-electron chi connectivity index (χ1n) is 2.67. The average molecular weight is 135 g/mol. The monoisotopic (exact) mass is 135 g/mol. The summed E-state index contributed by atoms with van der Waals surface area (Å²) in [4.78, 5) is 10.6. The molecule has 3 heteroatoms. The first-order valence-corrected chi connectivity index (χ1v) is 2.67. The van der Waals surface area contributed by atoms with Crippen molar-refractivity contribution in [1.29, 1.82) is 0 Å². The summed E-state index contributed by atoms with van der Waals surface area (Å²) >= 11 is 0. The predicted molar refractivity (Wildman–Crippen MR) is 33.4 cm³/mol. The maximum Gasteiger partial charge on any atom is 0.275 e. The molecule has 50 valence electrons. The second-order valence-electron chi connectivity index (χ2n) is 1.66. The Labute approximate surface area is 58.3 Å². The molecule has 0 spiro atoms. The van der Waals surface area contributed by atoms with Crippen molar-refractivity contribution >= 4 is 5.91 Å². The summed E-state index contributed by atoms with van der Waals surface area (Å²) in [6, 6.07) is 9.72. The molecule has 0 aliphatic carbocycles. The molecule has 0 unspecified atom stereocenters. The van der Waals surface area contributed by atoms with Crippen molar-refractivity contribution in [2.24, 2.45) is 0 Å². The molecule has 0 heterocycles. The third kappa shape index (κ3) is 1.24. The van der Waals surface area contributed by atoms with Crippen LogP contribution in [0.25, 0.3) is 0 Å². The minimum atomic E-state index is -0.537. The Morgan fingerprint density at radius 3 is 2.90 bits per heavy atom. The zero-order chi connectivity index (χ0) is 7.40. The smallest absolute Gasteiger partial charge is 0.275 e. The SMILES string of the molecule is O=C(NO)c1cc#ccc1. The summed E-state index contributed by atoms with van der Waals surface area (Å²) in [6.45, 7) is 0. The largest absolute Gasteiger partial charge is 0.288 e. The molecule has 1 aromatic carbocycles. The number of carbonyl (C=O) groups excluding carboxylic acids is 1. The van der Waals surface area contributed by atoms with E-state index in [0.717, 1.165) is 0 Å². The minimum Gasteiger partial charge on any atom is -0.288 e. The summed E-state index contributed by atoms with van der Waals surface area (Å²) < 4.78 is 0. The third-order valence-corrected chi connectivity index (χ3v) is 1.02. The van der Waals surface area contributed by atoms with Gasteiger partial charge in [0.2, 0.25) is 0 Å². The number of hydrogen-bond donors (Lipinski definition) is 2. The molecule has 0 fully saturated rings. The normalized spacial score (nSPS) is 8.10. The van der Waals surface area contributed by atoms with Gasteiger partial charge in [-0.1, -0.05) is 12.1 Å². The summed E-state index contributed by atoms with van der Waals surface area (Å²) in [5, 5.41) is 8.16. The van der Waals surface area contributed by atoms with Gasteiger partial charge in [0.05, 0.1) is 5.56 Å². The number of hydroxylamine groups is 1. The third-order valence-electron chi connectivity index (χ3n) is 1.02. The number of amides is 1. The molecule has 2 N–H and O–H groups in total. The fraction of sp³-hybridized carbons (Fsp3) is 0.